The van der Waals surface area contributed by atoms with Crippen LogP contribution in [0.3, 0.4) is 0 Å². The fourth-order valence-electron chi connectivity index (χ4n) is 2.40. The van der Waals surface area contributed by atoms with E-state index in [0.29, 0.717) is 0 Å². The molecule has 3 nitrogen and oxygen atoms in total. The largest absolute Gasteiger partial charge is 0.493 e. The van der Waals surface area contributed by atoms with Crippen molar-refractivity contribution >= 4 is 0 Å². The van der Waals surface area contributed by atoms with Crippen molar-refractivity contribution in [2.24, 2.45) is 5.84 Å². The van der Waals surface area contributed by atoms with Crippen molar-refractivity contribution in [1.29, 1.82) is 0 Å². The van der Waals surface area contributed by atoms with Gasteiger partial charge in [0.2, 0.25) is 0 Å². The van der Waals surface area contributed by atoms with E-state index in [0.717, 1.165) is 37.2 Å². The molecule has 2 aromatic carbocycles. The number of benzene rings is 2. The second-order valence-electron chi connectivity index (χ2n) is 5.13. The molecule has 0 fully saturated rings. The Bertz CT molecular complexity index is 528. The van der Waals surface area contributed by atoms with E-state index in [9.17, 15) is 0 Å². The first-order valence-corrected chi connectivity index (χ1v) is 7.57. The van der Waals surface area contributed by atoms with Gasteiger partial charge in [-0.05, 0) is 30.9 Å². The van der Waals surface area contributed by atoms with Crippen LogP contribution in [0.5, 0.6) is 5.75 Å². The van der Waals surface area contributed by atoms with E-state index in [1.165, 1.54) is 5.56 Å². The van der Waals surface area contributed by atoms with Crippen LogP contribution in [0.15, 0.2) is 54.6 Å². The van der Waals surface area contributed by atoms with Crippen LogP contribution >= 0.6 is 0 Å². The van der Waals surface area contributed by atoms with Gasteiger partial charge in [0.15, 0.2) is 0 Å². The van der Waals surface area contributed by atoms with Gasteiger partial charge in [0.05, 0.1) is 6.61 Å². The minimum atomic E-state index is 0.0956. The normalized spacial score (nSPS) is 12.1. The van der Waals surface area contributed by atoms with Crippen molar-refractivity contribution in [2.75, 3.05) is 6.61 Å². The molecule has 1 unspecified atom stereocenters. The highest BCUT2D eigenvalue weighted by Crippen LogP contribution is 2.27. The summed E-state index contributed by atoms with van der Waals surface area (Å²) in [6.07, 6.45) is 2.92. The van der Waals surface area contributed by atoms with Crippen LogP contribution in [0.1, 0.15) is 36.9 Å². The molecule has 112 valence electrons. The standard InChI is InChI=1S/C18H24N2O/c1-2-14-21-18-11-7-6-10-16(18)17(20-19)13-12-15-8-4-3-5-9-15/h3-11,17,20H,2,12-14,19H2,1H3. The number of nitrogens with two attached hydrogens (primary N) is 1. The number of ether oxygens (including phenoxy) is 1. The van der Waals surface area contributed by atoms with Crippen LogP contribution < -0.4 is 16.0 Å². The molecule has 3 N–H and O–H groups in total. The van der Waals surface area contributed by atoms with Crippen LogP contribution in [0, 0.1) is 0 Å². The Morgan fingerprint density at radius 2 is 1.76 bits per heavy atom. The lowest BCUT2D eigenvalue weighted by Gasteiger charge is -2.20. The van der Waals surface area contributed by atoms with Crippen molar-refractivity contribution in [3.63, 3.8) is 0 Å². The van der Waals surface area contributed by atoms with E-state index >= 15 is 0 Å². The minimum Gasteiger partial charge on any atom is -0.493 e. The third-order valence-corrected chi connectivity index (χ3v) is 3.52. The number of hydrogen-bond donors (Lipinski definition) is 2. The Hall–Kier alpha value is -1.84. The van der Waals surface area contributed by atoms with Crippen molar-refractivity contribution in [2.45, 2.75) is 32.2 Å². The number of rotatable bonds is 8. The van der Waals surface area contributed by atoms with Crippen LogP contribution in [-0.2, 0) is 6.42 Å². The summed E-state index contributed by atoms with van der Waals surface area (Å²) >= 11 is 0. The molecule has 2 aromatic rings. The molecule has 0 aliphatic heterocycles. The maximum absolute atomic E-state index is 5.83. The number of hydrogen-bond acceptors (Lipinski definition) is 3. The lowest BCUT2D eigenvalue weighted by Crippen LogP contribution is -2.28. The van der Waals surface area contributed by atoms with Crippen molar-refractivity contribution in [3.05, 3.63) is 65.7 Å². The second kappa shape index (κ2) is 8.45. The average Bonchev–Trinajstić information content (AvgIpc) is 2.55. The van der Waals surface area contributed by atoms with Crippen molar-refractivity contribution < 1.29 is 4.74 Å². The van der Waals surface area contributed by atoms with Crippen LogP contribution in [-0.4, -0.2) is 6.61 Å². The molecule has 0 amide bonds. The lowest BCUT2D eigenvalue weighted by molar-refractivity contribution is 0.309. The molecule has 0 bridgehead atoms. The first-order chi connectivity index (χ1) is 10.3. The molecule has 0 saturated heterocycles. The van der Waals surface area contributed by atoms with E-state index in [-0.39, 0.29) is 6.04 Å². The second-order valence-corrected chi connectivity index (χ2v) is 5.13. The Kier molecular flexibility index (Phi) is 6.25. The summed E-state index contributed by atoms with van der Waals surface area (Å²) in [5, 5.41) is 0. The Morgan fingerprint density at radius 3 is 2.48 bits per heavy atom. The molecule has 2 rings (SSSR count). The fraction of sp³-hybridized carbons (Fsp3) is 0.333. The van der Waals surface area contributed by atoms with Gasteiger partial charge in [-0.15, -0.1) is 0 Å². The Labute approximate surface area is 127 Å². The summed E-state index contributed by atoms with van der Waals surface area (Å²) in [6.45, 7) is 2.84. The molecule has 1 atom stereocenters. The fourth-order valence-corrected chi connectivity index (χ4v) is 2.40. The van der Waals surface area contributed by atoms with E-state index in [1.54, 1.807) is 0 Å². The zero-order valence-electron chi connectivity index (χ0n) is 12.6. The van der Waals surface area contributed by atoms with Gasteiger partial charge in [0.25, 0.3) is 0 Å². The van der Waals surface area contributed by atoms with Crippen molar-refractivity contribution in [3.8, 4) is 5.75 Å². The lowest BCUT2D eigenvalue weighted by atomic mass is 9.98. The monoisotopic (exact) mass is 284 g/mol. The van der Waals surface area contributed by atoms with Gasteiger partial charge >= 0.3 is 0 Å². The predicted molar refractivity (Wildman–Crippen MR) is 87.1 cm³/mol. The summed E-state index contributed by atoms with van der Waals surface area (Å²) in [5.74, 6) is 6.69. The molecule has 0 radical (unpaired) electrons. The van der Waals surface area contributed by atoms with Gasteiger partial charge in [-0.3, -0.25) is 11.3 Å². The first kappa shape index (κ1) is 15.5. The maximum Gasteiger partial charge on any atom is 0.124 e. The molecular weight excluding hydrogens is 260 g/mol. The summed E-state index contributed by atoms with van der Waals surface area (Å²) < 4.78 is 5.83. The molecule has 21 heavy (non-hydrogen) atoms. The minimum absolute atomic E-state index is 0.0956. The van der Waals surface area contributed by atoms with E-state index in [4.69, 9.17) is 10.6 Å². The Morgan fingerprint density at radius 1 is 1.05 bits per heavy atom. The van der Waals surface area contributed by atoms with Crippen LogP contribution in [0.2, 0.25) is 0 Å². The molecule has 0 saturated carbocycles. The van der Waals surface area contributed by atoms with Gasteiger partial charge in [-0.2, -0.15) is 0 Å². The quantitative estimate of drug-likeness (QED) is 0.575. The summed E-state index contributed by atoms with van der Waals surface area (Å²) in [6, 6.07) is 18.7. The smallest absolute Gasteiger partial charge is 0.124 e. The highest BCUT2D eigenvalue weighted by atomic mass is 16.5. The van der Waals surface area contributed by atoms with Gasteiger partial charge in [-0.25, -0.2) is 0 Å². The molecule has 0 aliphatic rings. The topological polar surface area (TPSA) is 47.3 Å². The average molecular weight is 284 g/mol. The third-order valence-electron chi connectivity index (χ3n) is 3.52. The summed E-state index contributed by atoms with van der Waals surface area (Å²) in [4.78, 5) is 0. The van der Waals surface area contributed by atoms with Gasteiger partial charge in [0.1, 0.15) is 5.75 Å². The van der Waals surface area contributed by atoms with E-state index in [2.05, 4.69) is 42.7 Å². The molecular formula is C18H24N2O. The third kappa shape index (κ3) is 4.59. The molecule has 3 heteroatoms. The zero-order chi connectivity index (χ0) is 14.9. The van der Waals surface area contributed by atoms with E-state index < -0.39 is 0 Å². The summed E-state index contributed by atoms with van der Waals surface area (Å²) in [5.41, 5.74) is 5.38. The van der Waals surface area contributed by atoms with E-state index in [1.807, 2.05) is 24.3 Å². The van der Waals surface area contributed by atoms with Gasteiger partial charge in [0, 0.05) is 11.6 Å². The highest BCUT2D eigenvalue weighted by Gasteiger charge is 2.14. The Balaban J connectivity index is 2.06. The number of hydrazine groups is 1. The number of aryl methyl sites for hydroxylation is 1. The van der Waals surface area contributed by atoms with Crippen LogP contribution in [0.4, 0.5) is 0 Å². The maximum atomic E-state index is 5.83. The number of nitrogens with one attached hydrogen (secondary N) is 1. The van der Waals surface area contributed by atoms with Crippen molar-refractivity contribution in [1.82, 2.24) is 5.43 Å². The predicted octanol–water partition coefficient (Wildman–Crippen LogP) is 3.61. The molecule has 0 aliphatic carbocycles. The zero-order valence-corrected chi connectivity index (χ0v) is 12.6. The molecule has 0 aromatic heterocycles. The summed E-state index contributed by atoms with van der Waals surface area (Å²) in [7, 11) is 0. The number of para-hydroxylation sites is 1. The molecule has 0 spiro atoms. The van der Waals surface area contributed by atoms with Gasteiger partial charge in [-0.1, -0.05) is 55.5 Å². The molecule has 0 heterocycles. The first-order valence-electron chi connectivity index (χ1n) is 7.57. The van der Waals surface area contributed by atoms with Crippen LogP contribution in [0.25, 0.3) is 0 Å². The van der Waals surface area contributed by atoms with Gasteiger partial charge < -0.3 is 4.74 Å². The highest BCUT2D eigenvalue weighted by molar-refractivity contribution is 5.36. The SMILES string of the molecule is CCCOc1ccccc1C(CCc1ccccc1)NN.